The molecule has 1 saturated heterocycles. The number of carbonyl (C=O) groups is 1. The van der Waals surface area contributed by atoms with Crippen molar-refractivity contribution in [2.75, 3.05) is 13.1 Å². The van der Waals surface area contributed by atoms with Gasteiger partial charge in [0.2, 0.25) is 5.91 Å². The van der Waals surface area contributed by atoms with Crippen molar-refractivity contribution in [1.82, 2.24) is 20.6 Å². The van der Waals surface area contributed by atoms with E-state index in [9.17, 15) is 9.90 Å². The number of carbonyl (C=O) groups excluding carboxylic acids is 1. The molecule has 3 aromatic rings. The molecule has 1 fully saturated rings. The number of hydrogen-bond donors (Lipinski definition) is 3. The van der Waals surface area contributed by atoms with Gasteiger partial charge < -0.3 is 15.3 Å². The van der Waals surface area contributed by atoms with E-state index < -0.39 is 0 Å². The molecule has 4 rings (SSSR count). The summed E-state index contributed by atoms with van der Waals surface area (Å²) in [4.78, 5) is 19.4. The first kappa shape index (κ1) is 25.3. The highest BCUT2D eigenvalue weighted by Crippen LogP contribution is 2.39. The standard InChI is InChI=1S/C25H26BrN5O2S2/c1-16(21-15-35-23(22(21)32)18-2-4-20(26)5-3-18)29-30-25(34)31-12-8-19(9-13-31)24(33)28-14-17-6-10-27-11-7-17/h2-7,10-11,15,19,32H,8-9,12-14H2,1H3,(H,28,33)(H,30,34)/b29-16+. The molecule has 1 aromatic carbocycles. The fourth-order valence-electron chi connectivity index (χ4n) is 3.86. The lowest BCUT2D eigenvalue weighted by Gasteiger charge is -2.32. The first-order valence-electron chi connectivity index (χ1n) is 11.2. The van der Waals surface area contributed by atoms with Gasteiger partial charge in [-0.05, 0) is 67.4 Å². The Kier molecular flexibility index (Phi) is 8.48. The molecule has 1 amide bonds. The van der Waals surface area contributed by atoms with Crippen LogP contribution in [0, 0.1) is 5.92 Å². The number of pyridine rings is 1. The van der Waals surface area contributed by atoms with Gasteiger partial charge in [0.05, 0.1) is 16.2 Å². The lowest BCUT2D eigenvalue weighted by atomic mass is 9.96. The number of thiocarbonyl (C=S) groups is 1. The molecule has 0 atom stereocenters. The number of aromatic hydroxyl groups is 1. The number of hydrogen-bond acceptors (Lipinski definition) is 6. The third-order valence-electron chi connectivity index (χ3n) is 5.95. The van der Waals surface area contributed by atoms with Gasteiger partial charge in [-0.2, -0.15) is 5.10 Å². The van der Waals surface area contributed by atoms with E-state index in [0.29, 0.717) is 36.0 Å². The first-order chi connectivity index (χ1) is 16.9. The van der Waals surface area contributed by atoms with Crippen molar-refractivity contribution in [1.29, 1.82) is 0 Å². The van der Waals surface area contributed by atoms with E-state index in [2.05, 4.69) is 36.8 Å². The van der Waals surface area contributed by atoms with Crippen molar-refractivity contribution in [3.05, 3.63) is 69.8 Å². The molecular formula is C25H26BrN5O2S2. The molecule has 35 heavy (non-hydrogen) atoms. The van der Waals surface area contributed by atoms with E-state index in [1.165, 1.54) is 11.3 Å². The average Bonchev–Trinajstić information content (AvgIpc) is 3.28. The highest BCUT2D eigenvalue weighted by Gasteiger charge is 2.26. The van der Waals surface area contributed by atoms with Gasteiger partial charge in [0.1, 0.15) is 5.75 Å². The number of aromatic nitrogens is 1. The summed E-state index contributed by atoms with van der Waals surface area (Å²) in [7, 11) is 0. The number of thiophene rings is 1. The summed E-state index contributed by atoms with van der Waals surface area (Å²) in [6.45, 7) is 3.72. The van der Waals surface area contributed by atoms with Gasteiger partial charge in [-0.1, -0.05) is 28.1 Å². The van der Waals surface area contributed by atoms with E-state index in [1.54, 1.807) is 12.4 Å². The van der Waals surface area contributed by atoms with E-state index in [-0.39, 0.29) is 17.6 Å². The summed E-state index contributed by atoms with van der Waals surface area (Å²) in [6, 6.07) is 11.6. The van der Waals surface area contributed by atoms with Gasteiger partial charge in [0.15, 0.2) is 5.11 Å². The Labute approximate surface area is 222 Å². The van der Waals surface area contributed by atoms with Crippen LogP contribution in [0.4, 0.5) is 0 Å². The number of hydrazone groups is 1. The number of rotatable bonds is 6. The fraction of sp³-hybridized carbons (Fsp3) is 0.280. The molecule has 10 heteroatoms. The second kappa shape index (κ2) is 11.7. The minimum absolute atomic E-state index is 0.0269. The zero-order valence-electron chi connectivity index (χ0n) is 19.2. The highest BCUT2D eigenvalue weighted by atomic mass is 79.9. The fourth-order valence-corrected chi connectivity index (χ4v) is 5.36. The number of halogens is 1. The molecule has 0 radical (unpaired) electrons. The van der Waals surface area contributed by atoms with Gasteiger partial charge in [0.25, 0.3) is 0 Å². The number of likely N-dealkylation sites (tertiary alicyclic amines) is 1. The second-order valence-corrected chi connectivity index (χ2v) is 10.5. The molecule has 1 aliphatic heterocycles. The smallest absolute Gasteiger partial charge is 0.223 e. The maximum atomic E-state index is 12.5. The Morgan fingerprint density at radius 3 is 2.60 bits per heavy atom. The molecule has 3 heterocycles. The lowest BCUT2D eigenvalue weighted by Crippen LogP contribution is -2.45. The minimum atomic E-state index is -0.0269. The normalized spacial score (nSPS) is 14.6. The number of nitrogens with one attached hydrogen (secondary N) is 2. The van der Waals surface area contributed by atoms with Crippen molar-refractivity contribution < 1.29 is 9.90 Å². The van der Waals surface area contributed by atoms with Crippen LogP contribution in [0.5, 0.6) is 5.75 Å². The molecule has 0 saturated carbocycles. The Morgan fingerprint density at radius 1 is 1.23 bits per heavy atom. The maximum absolute atomic E-state index is 12.5. The predicted molar refractivity (Wildman–Crippen MR) is 147 cm³/mol. The largest absolute Gasteiger partial charge is 0.506 e. The van der Waals surface area contributed by atoms with Crippen LogP contribution in [0.25, 0.3) is 10.4 Å². The van der Waals surface area contributed by atoms with E-state index in [4.69, 9.17) is 12.2 Å². The maximum Gasteiger partial charge on any atom is 0.223 e. The van der Waals surface area contributed by atoms with E-state index in [0.717, 1.165) is 33.3 Å². The zero-order valence-corrected chi connectivity index (χ0v) is 22.4. The topological polar surface area (TPSA) is 89.9 Å². The van der Waals surface area contributed by atoms with Crippen LogP contribution in [0.2, 0.25) is 0 Å². The van der Waals surface area contributed by atoms with Gasteiger partial charge in [0, 0.05) is 47.8 Å². The van der Waals surface area contributed by atoms with Crippen LogP contribution >= 0.6 is 39.5 Å². The predicted octanol–water partition coefficient (Wildman–Crippen LogP) is 4.91. The van der Waals surface area contributed by atoms with Crippen LogP contribution in [0.15, 0.2) is 63.7 Å². The van der Waals surface area contributed by atoms with Crippen molar-refractivity contribution in [2.24, 2.45) is 11.0 Å². The molecule has 0 bridgehead atoms. The van der Waals surface area contributed by atoms with Gasteiger partial charge in [-0.15, -0.1) is 11.3 Å². The molecule has 182 valence electrons. The minimum Gasteiger partial charge on any atom is -0.506 e. The molecule has 2 aromatic heterocycles. The zero-order chi connectivity index (χ0) is 24.8. The van der Waals surface area contributed by atoms with Crippen LogP contribution < -0.4 is 10.7 Å². The molecule has 0 spiro atoms. The number of amides is 1. The summed E-state index contributed by atoms with van der Waals surface area (Å²) >= 11 is 10.4. The summed E-state index contributed by atoms with van der Waals surface area (Å²) in [5.41, 5.74) is 6.26. The van der Waals surface area contributed by atoms with Crippen LogP contribution in [-0.4, -0.2) is 44.8 Å². The van der Waals surface area contributed by atoms with Crippen molar-refractivity contribution in [3.63, 3.8) is 0 Å². The summed E-state index contributed by atoms with van der Waals surface area (Å²) < 4.78 is 0.989. The Balaban J connectivity index is 1.28. The molecule has 0 aliphatic carbocycles. The molecular weight excluding hydrogens is 546 g/mol. The second-order valence-electron chi connectivity index (χ2n) is 8.28. The average molecular weight is 573 g/mol. The third kappa shape index (κ3) is 6.45. The number of benzene rings is 1. The highest BCUT2D eigenvalue weighted by molar-refractivity contribution is 9.10. The van der Waals surface area contributed by atoms with Gasteiger partial charge >= 0.3 is 0 Å². The number of nitrogens with zero attached hydrogens (tertiary/aromatic N) is 3. The lowest BCUT2D eigenvalue weighted by molar-refractivity contribution is -0.126. The quantitative estimate of drug-likeness (QED) is 0.221. The summed E-state index contributed by atoms with van der Waals surface area (Å²) in [6.07, 6.45) is 4.90. The first-order valence-corrected chi connectivity index (χ1v) is 13.3. The molecule has 7 nitrogen and oxygen atoms in total. The van der Waals surface area contributed by atoms with Crippen molar-refractivity contribution in [3.8, 4) is 16.2 Å². The third-order valence-corrected chi connectivity index (χ3v) is 7.85. The van der Waals surface area contributed by atoms with Crippen LogP contribution in [-0.2, 0) is 11.3 Å². The van der Waals surface area contributed by atoms with Crippen LogP contribution in [0.1, 0.15) is 30.9 Å². The van der Waals surface area contributed by atoms with Gasteiger partial charge in [-0.25, -0.2) is 0 Å². The molecule has 3 N–H and O–H groups in total. The van der Waals surface area contributed by atoms with Crippen LogP contribution in [0.3, 0.4) is 0 Å². The number of piperidine rings is 1. The van der Waals surface area contributed by atoms with Gasteiger partial charge in [-0.3, -0.25) is 15.2 Å². The SMILES string of the molecule is C/C(=N\NC(=S)N1CCC(C(=O)NCc2ccncc2)CC1)c1csc(-c2ccc(Br)cc2)c1O. The molecule has 1 aliphatic rings. The van der Waals surface area contributed by atoms with E-state index in [1.807, 2.05) is 53.6 Å². The summed E-state index contributed by atoms with van der Waals surface area (Å²) in [5, 5.41) is 20.6. The van der Waals surface area contributed by atoms with Crippen molar-refractivity contribution in [2.45, 2.75) is 26.3 Å². The summed E-state index contributed by atoms with van der Waals surface area (Å²) in [5.74, 6) is 0.259. The monoisotopic (exact) mass is 571 g/mol. The molecule has 0 unspecified atom stereocenters. The Bertz CT molecular complexity index is 1210. The Morgan fingerprint density at radius 2 is 1.91 bits per heavy atom. The van der Waals surface area contributed by atoms with Crippen molar-refractivity contribution >= 4 is 56.2 Å². The Hall–Kier alpha value is -2.82. The van der Waals surface area contributed by atoms with E-state index >= 15 is 0 Å².